The van der Waals surface area contributed by atoms with Gasteiger partial charge in [0.15, 0.2) is 0 Å². The Morgan fingerprint density at radius 3 is 2.73 bits per heavy atom. The molecule has 0 saturated heterocycles. The van der Waals surface area contributed by atoms with Crippen molar-refractivity contribution >= 4 is 16.9 Å². The molecule has 3 N–H and O–H groups in total. The lowest BCUT2D eigenvalue weighted by atomic mass is 9.91. The van der Waals surface area contributed by atoms with Gasteiger partial charge in [-0.3, -0.25) is 4.98 Å². The molecule has 1 aromatic carbocycles. The third-order valence-corrected chi connectivity index (χ3v) is 5.76. The summed E-state index contributed by atoms with van der Waals surface area (Å²) in [5, 5.41) is 12.9. The van der Waals surface area contributed by atoms with Gasteiger partial charge in [0.1, 0.15) is 0 Å². The molecule has 1 aliphatic rings. The molecule has 8 nitrogen and oxygen atoms in total. The lowest BCUT2D eigenvalue weighted by Crippen LogP contribution is -2.42. The molecule has 0 aliphatic heterocycles. The van der Waals surface area contributed by atoms with E-state index in [1.807, 2.05) is 43.6 Å². The second kappa shape index (κ2) is 7.79. The topological polar surface area (TPSA) is 107 Å². The van der Waals surface area contributed by atoms with E-state index in [2.05, 4.69) is 25.5 Å². The molecule has 0 bridgehead atoms. The van der Waals surface area contributed by atoms with Gasteiger partial charge in [-0.05, 0) is 37.5 Å². The quantitative estimate of drug-likeness (QED) is 0.541. The van der Waals surface area contributed by atoms with E-state index in [1.54, 1.807) is 17.2 Å². The molecule has 152 valence electrons. The van der Waals surface area contributed by atoms with Crippen LogP contribution >= 0.6 is 0 Å². The van der Waals surface area contributed by atoms with E-state index in [4.69, 9.17) is 10.7 Å². The Hall–Kier alpha value is -3.39. The fourth-order valence-electron chi connectivity index (χ4n) is 4.08. The monoisotopic (exact) mass is 400 g/mol. The molecule has 3 heterocycles. The van der Waals surface area contributed by atoms with Gasteiger partial charge in [0.05, 0.1) is 23.6 Å². The number of anilines is 1. The van der Waals surface area contributed by atoms with Crippen molar-refractivity contribution in [2.24, 2.45) is 5.73 Å². The summed E-state index contributed by atoms with van der Waals surface area (Å²) in [5.41, 5.74) is 10.9. The van der Waals surface area contributed by atoms with Crippen LogP contribution in [0.2, 0.25) is 0 Å². The summed E-state index contributed by atoms with van der Waals surface area (Å²) in [6, 6.07) is 8.39. The third kappa shape index (κ3) is 3.50. The summed E-state index contributed by atoms with van der Waals surface area (Å²) >= 11 is 0. The summed E-state index contributed by atoms with van der Waals surface area (Å²) < 4.78 is 0. The second-order valence-corrected chi connectivity index (χ2v) is 7.78. The van der Waals surface area contributed by atoms with Gasteiger partial charge in [0, 0.05) is 41.1 Å². The molecule has 30 heavy (non-hydrogen) atoms. The van der Waals surface area contributed by atoms with Crippen LogP contribution in [0.1, 0.15) is 31.4 Å². The molecule has 1 aliphatic carbocycles. The Bertz CT molecular complexity index is 1170. The highest BCUT2D eigenvalue weighted by Gasteiger charge is 2.22. The first-order valence-corrected chi connectivity index (χ1v) is 10.3. The van der Waals surface area contributed by atoms with Gasteiger partial charge in [-0.25, -0.2) is 9.97 Å². The highest BCUT2D eigenvalue weighted by atomic mass is 15.5. The van der Waals surface area contributed by atoms with E-state index in [9.17, 15) is 0 Å². The first-order valence-electron chi connectivity index (χ1n) is 10.3. The van der Waals surface area contributed by atoms with Crippen molar-refractivity contribution in [1.29, 1.82) is 0 Å². The number of pyridine rings is 1. The maximum absolute atomic E-state index is 6.31. The van der Waals surface area contributed by atoms with Gasteiger partial charge in [-0.15, -0.1) is 0 Å². The van der Waals surface area contributed by atoms with Crippen LogP contribution in [0.15, 0.2) is 49.1 Å². The molecule has 0 radical (unpaired) electrons. The zero-order valence-electron chi connectivity index (χ0n) is 16.9. The van der Waals surface area contributed by atoms with E-state index >= 15 is 0 Å². The van der Waals surface area contributed by atoms with Crippen LogP contribution < -0.4 is 11.1 Å². The van der Waals surface area contributed by atoms with E-state index < -0.39 is 0 Å². The molecule has 4 aromatic rings. The van der Waals surface area contributed by atoms with Crippen molar-refractivity contribution in [3.63, 3.8) is 0 Å². The number of aryl methyl sites for hydroxylation is 1. The first-order chi connectivity index (χ1) is 14.7. The number of nitrogens with two attached hydrogens (primary N) is 1. The summed E-state index contributed by atoms with van der Waals surface area (Å²) in [6.07, 6.45) is 11.5. The summed E-state index contributed by atoms with van der Waals surface area (Å²) in [4.78, 5) is 15.6. The molecule has 1 fully saturated rings. The van der Waals surface area contributed by atoms with Gasteiger partial charge < -0.3 is 11.1 Å². The second-order valence-electron chi connectivity index (χ2n) is 7.78. The van der Waals surface area contributed by atoms with Crippen LogP contribution in [-0.2, 0) is 0 Å². The fraction of sp³-hybridized carbons (Fsp3) is 0.318. The number of nitrogens with zero attached hydrogens (tertiary/aromatic N) is 6. The van der Waals surface area contributed by atoms with Crippen molar-refractivity contribution in [3.05, 3.63) is 54.7 Å². The fourth-order valence-corrected chi connectivity index (χ4v) is 4.08. The van der Waals surface area contributed by atoms with E-state index in [0.717, 1.165) is 46.3 Å². The Morgan fingerprint density at radius 1 is 1.07 bits per heavy atom. The molecule has 5 rings (SSSR count). The summed E-state index contributed by atoms with van der Waals surface area (Å²) in [6.45, 7) is 1.98. The van der Waals surface area contributed by atoms with Crippen LogP contribution in [0.3, 0.4) is 0 Å². The number of aromatic nitrogens is 6. The van der Waals surface area contributed by atoms with Crippen LogP contribution in [0.4, 0.5) is 5.95 Å². The maximum Gasteiger partial charge on any atom is 0.223 e. The molecule has 2 atom stereocenters. The summed E-state index contributed by atoms with van der Waals surface area (Å²) in [7, 11) is 0. The van der Waals surface area contributed by atoms with Gasteiger partial charge in [0.2, 0.25) is 5.95 Å². The standard InChI is InChI=1S/C22H24N8/c1-14-17-12-25-22(28-20-8-3-2-7-19(20)23)29-21(17)18(13-24-14)15-5-4-6-16(11-15)30-26-9-10-27-30/h4-6,9-13,19-20H,2-3,7-8,23H2,1H3,(H,25,28,29)/t19-,20+/m1/s1. The summed E-state index contributed by atoms with van der Waals surface area (Å²) in [5.74, 6) is 0.613. The van der Waals surface area contributed by atoms with Crippen molar-refractivity contribution in [2.75, 3.05) is 5.32 Å². The lowest BCUT2D eigenvalue weighted by molar-refractivity contribution is 0.402. The lowest BCUT2D eigenvalue weighted by Gasteiger charge is -2.29. The predicted molar refractivity (Wildman–Crippen MR) is 116 cm³/mol. The van der Waals surface area contributed by atoms with Gasteiger partial charge in [-0.1, -0.05) is 25.0 Å². The number of hydrogen-bond acceptors (Lipinski definition) is 7. The molecular weight excluding hydrogens is 376 g/mol. The van der Waals surface area contributed by atoms with Crippen molar-refractivity contribution in [2.45, 2.75) is 44.7 Å². The minimum absolute atomic E-state index is 0.134. The number of nitrogens with one attached hydrogen (secondary N) is 1. The average Bonchev–Trinajstić information content (AvgIpc) is 3.31. The number of fused-ring (bicyclic) bond motifs is 1. The SMILES string of the molecule is Cc1ncc(-c2cccc(-n3nccn3)c2)c2nc(N[C@H]3CCCC[C@H]3N)ncc12. The Balaban J connectivity index is 1.57. The van der Waals surface area contributed by atoms with E-state index in [-0.39, 0.29) is 12.1 Å². The zero-order valence-corrected chi connectivity index (χ0v) is 16.9. The minimum atomic E-state index is 0.134. The van der Waals surface area contributed by atoms with Crippen molar-refractivity contribution in [3.8, 4) is 16.8 Å². The average molecular weight is 400 g/mol. The van der Waals surface area contributed by atoms with Crippen LogP contribution in [-0.4, -0.2) is 42.0 Å². The largest absolute Gasteiger partial charge is 0.350 e. The van der Waals surface area contributed by atoms with Gasteiger partial charge in [0.25, 0.3) is 0 Å². The molecule has 1 saturated carbocycles. The van der Waals surface area contributed by atoms with E-state index in [0.29, 0.717) is 5.95 Å². The highest BCUT2D eigenvalue weighted by molar-refractivity contribution is 5.94. The molecule has 0 amide bonds. The van der Waals surface area contributed by atoms with Crippen LogP contribution in [0, 0.1) is 6.92 Å². The van der Waals surface area contributed by atoms with Crippen molar-refractivity contribution in [1.82, 2.24) is 29.9 Å². The van der Waals surface area contributed by atoms with Gasteiger partial charge in [-0.2, -0.15) is 15.0 Å². The zero-order chi connectivity index (χ0) is 20.5. The predicted octanol–water partition coefficient (Wildman–Crippen LogP) is 3.26. The van der Waals surface area contributed by atoms with Gasteiger partial charge >= 0.3 is 0 Å². The molecule has 3 aromatic heterocycles. The Kier molecular flexibility index (Phi) is 4.84. The normalized spacial score (nSPS) is 19.1. The van der Waals surface area contributed by atoms with Crippen LogP contribution in [0.25, 0.3) is 27.7 Å². The Labute approximate surface area is 174 Å². The molecule has 0 unspecified atom stereocenters. The van der Waals surface area contributed by atoms with E-state index in [1.165, 1.54) is 12.8 Å². The van der Waals surface area contributed by atoms with Crippen molar-refractivity contribution < 1.29 is 0 Å². The van der Waals surface area contributed by atoms with Crippen LogP contribution in [0.5, 0.6) is 0 Å². The molecular formula is C22H24N8. The Morgan fingerprint density at radius 2 is 1.90 bits per heavy atom. The third-order valence-electron chi connectivity index (χ3n) is 5.76. The minimum Gasteiger partial charge on any atom is -0.350 e. The molecule has 0 spiro atoms. The highest BCUT2D eigenvalue weighted by Crippen LogP contribution is 2.30. The number of hydrogen-bond donors (Lipinski definition) is 2. The first kappa shape index (κ1) is 18.6. The number of benzene rings is 1. The number of rotatable bonds is 4. The molecule has 8 heteroatoms. The smallest absolute Gasteiger partial charge is 0.223 e. The maximum atomic E-state index is 6.31.